The van der Waals surface area contributed by atoms with Gasteiger partial charge in [0, 0.05) is 18.2 Å². The second-order valence-electron chi connectivity index (χ2n) is 2.77. The van der Waals surface area contributed by atoms with Crippen LogP contribution in [0.2, 0.25) is 5.02 Å². The standard InChI is InChI=1S/C8H9BrClFN2O/c9-6-7(11)4(10)1-3(8(6)14)5(13)2-12/h1,5,14H,2,12-13H2/t5-/m1/s1. The Morgan fingerprint density at radius 3 is 2.71 bits per heavy atom. The van der Waals surface area contributed by atoms with Crippen molar-refractivity contribution in [1.29, 1.82) is 0 Å². The topological polar surface area (TPSA) is 72.3 Å². The highest BCUT2D eigenvalue weighted by atomic mass is 79.9. The highest BCUT2D eigenvalue weighted by Gasteiger charge is 2.18. The molecule has 0 aliphatic heterocycles. The van der Waals surface area contributed by atoms with Gasteiger partial charge in [-0.15, -0.1) is 0 Å². The summed E-state index contributed by atoms with van der Waals surface area (Å²) in [6.07, 6.45) is 0. The van der Waals surface area contributed by atoms with E-state index in [1.807, 2.05) is 0 Å². The average molecular weight is 284 g/mol. The minimum absolute atomic E-state index is 0.0936. The predicted molar refractivity (Wildman–Crippen MR) is 56.8 cm³/mol. The zero-order chi connectivity index (χ0) is 10.9. The van der Waals surface area contributed by atoms with Crippen LogP contribution in [0.4, 0.5) is 4.39 Å². The van der Waals surface area contributed by atoms with E-state index in [2.05, 4.69) is 15.9 Å². The fraction of sp³-hybridized carbons (Fsp3) is 0.250. The molecule has 3 nitrogen and oxygen atoms in total. The normalized spacial score (nSPS) is 12.9. The molecule has 0 heterocycles. The van der Waals surface area contributed by atoms with Gasteiger partial charge in [0.15, 0.2) is 5.82 Å². The lowest BCUT2D eigenvalue weighted by Gasteiger charge is -2.13. The van der Waals surface area contributed by atoms with Crippen LogP contribution >= 0.6 is 27.5 Å². The third-order valence-electron chi connectivity index (χ3n) is 1.82. The molecule has 1 aromatic rings. The fourth-order valence-corrected chi connectivity index (χ4v) is 1.78. The van der Waals surface area contributed by atoms with Gasteiger partial charge in [0.05, 0.1) is 9.50 Å². The predicted octanol–water partition coefficient (Wildman–Crippen LogP) is 1.91. The van der Waals surface area contributed by atoms with Crippen LogP contribution in [-0.4, -0.2) is 11.7 Å². The molecule has 1 rings (SSSR count). The van der Waals surface area contributed by atoms with Gasteiger partial charge in [-0.05, 0) is 22.0 Å². The van der Waals surface area contributed by atoms with Crippen LogP contribution in [0.1, 0.15) is 11.6 Å². The van der Waals surface area contributed by atoms with Gasteiger partial charge in [-0.3, -0.25) is 0 Å². The quantitative estimate of drug-likeness (QED) is 0.726. The summed E-state index contributed by atoms with van der Waals surface area (Å²) in [6, 6.07) is 0.707. The molecule has 14 heavy (non-hydrogen) atoms. The van der Waals surface area contributed by atoms with E-state index < -0.39 is 11.9 Å². The van der Waals surface area contributed by atoms with Crippen molar-refractivity contribution in [2.24, 2.45) is 11.5 Å². The molecule has 1 atom stereocenters. The fourth-order valence-electron chi connectivity index (χ4n) is 1.01. The van der Waals surface area contributed by atoms with Gasteiger partial charge in [0.2, 0.25) is 0 Å². The summed E-state index contributed by atoms with van der Waals surface area (Å²) in [4.78, 5) is 0. The largest absolute Gasteiger partial charge is 0.506 e. The maximum atomic E-state index is 13.1. The number of benzene rings is 1. The minimum Gasteiger partial charge on any atom is -0.506 e. The molecule has 0 aromatic heterocycles. The van der Waals surface area contributed by atoms with Crippen molar-refractivity contribution >= 4 is 27.5 Å². The van der Waals surface area contributed by atoms with Gasteiger partial charge >= 0.3 is 0 Å². The van der Waals surface area contributed by atoms with Crippen molar-refractivity contribution in [3.63, 3.8) is 0 Å². The molecule has 0 saturated heterocycles. The second kappa shape index (κ2) is 4.44. The Kier molecular flexibility index (Phi) is 3.71. The smallest absolute Gasteiger partial charge is 0.159 e. The second-order valence-corrected chi connectivity index (χ2v) is 3.97. The van der Waals surface area contributed by atoms with Crippen molar-refractivity contribution < 1.29 is 9.50 Å². The third kappa shape index (κ3) is 2.00. The first kappa shape index (κ1) is 11.7. The summed E-state index contributed by atoms with van der Waals surface area (Å²) >= 11 is 8.45. The molecular formula is C8H9BrClFN2O. The number of phenolic OH excluding ortho intramolecular Hbond substituents is 1. The van der Waals surface area contributed by atoms with Crippen LogP contribution in [0.3, 0.4) is 0 Å². The minimum atomic E-state index is -0.711. The number of hydrogen-bond donors (Lipinski definition) is 3. The summed E-state index contributed by atoms with van der Waals surface area (Å²) in [5.41, 5.74) is 11.2. The average Bonchev–Trinajstić information content (AvgIpc) is 2.19. The van der Waals surface area contributed by atoms with Gasteiger partial charge in [0.25, 0.3) is 0 Å². The van der Waals surface area contributed by atoms with Crippen molar-refractivity contribution in [2.45, 2.75) is 6.04 Å². The lowest BCUT2D eigenvalue weighted by atomic mass is 10.1. The first-order valence-corrected chi connectivity index (χ1v) is 4.98. The Balaban J connectivity index is 3.33. The SMILES string of the molecule is NC[C@@H](N)c1cc(Cl)c(F)c(Br)c1O. The van der Waals surface area contributed by atoms with Crippen LogP contribution in [0.25, 0.3) is 0 Å². The number of rotatable bonds is 2. The lowest BCUT2D eigenvalue weighted by Crippen LogP contribution is -2.21. The number of nitrogens with two attached hydrogens (primary N) is 2. The van der Waals surface area contributed by atoms with E-state index in [1.54, 1.807) is 0 Å². The molecule has 78 valence electrons. The molecule has 0 bridgehead atoms. The Morgan fingerprint density at radius 2 is 2.21 bits per heavy atom. The summed E-state index contributed by atoms with van der Waals surface area (Å²) < 4.78 is 13.0. The Hall–Kier alpha value is -0.360. The van der Waals surface area contributed by atoms with E-state index in [1.165, 1.54) is 6.07 Å². The van der Waals surface area contributed by atoms with Crippen LogP contribution < -0.4 is 11.5 Å². The Labute approximate surface area is 94.0 Å². The highest BCUT2D eigenvalue weighted by molar-refractivity contribution is 9.10. The molecule has 0 amide bonds. The summed E-state index contributed by atoms with van der Waals surface area (Å²) in [6.45, 7) is 0.141. The van der Waals surface area contributed by atoms with E-state index in [0.717, 1.165) is 0 Å². The molecule has 0 radical (unpaired) electrons. The zero-order valence-corrected chi connectivity index (χ0v) is 9.44. The number of hydrogen-bond acceptors (Lipinski definition) is 3. The van der Waals surface area contributed by atoms with E-state index in [-0.39, 0.29) is 21.8 Å². The van der Waals surface area contributed by atoms with Crippen molar-refractivity contribution in [3.8, 4) is 5.75 Å². The molecule has 0 saturated carbocycles. The van der Waals surface area contributed by atoms with Crippen LogP contribution in [-0.2, 0) is 0 Å². The van der Waals surface area contributed by atoms with Gasteiger partial charge in [-0.2, -0.15) is 0 Å². The van der Waals surface area contributed by atoms with Gasteiger partial charge in [-0.1, -0.05) is 11.6 Å². The van der Waals surface area contributed by atoms with Gasteiger partial charge < -0.3 is 16.6 Å². The Morgan fingerprint density at radius 1 is 1.64 bits per heavy atom. The van der Waals surface area contributed by atoms with E-state index >= 15 is 0 Å². The summed E-state index contributed by atoms with van der Waals surface area (Å²) in [5.74, 6) is -0.970. The Bertz CT molecular complexity index is 362. The van der Waals surface area contributed by atoms with Gasteiger partial charge in [-0.25, -0.2) is 4.39 Å². The molecule has 0 fully saturated rings. The van der Waals surface area contributed by atoms with E-state index in [9.17, 15) is 9.50 Å². The zero-order valence-electron chi connectivity index (χ0n) is 7.10. The maximum Gasteiger partial charge on any atom is 0.159 e. The molecule has 0 unspecified atom stereocenters. The number of halogens is 3. The van der Waals surface area contributed by atoms with Crippen molar-refractivity contribution in [3.05, 3.63) is 26.9 Å². The number of phenols is 1. The molecule has 1 aromatic carbocycles. The summed E-state index contributed by atoms with van der Waals surface area (Å²) in [7, 11) is 0. The highest BCUT2D eigenvalue weighted by Crippen LogP contribution is 2.37. The van der Waals surface area contributed by atoms with Gasteiger partial charge in [0.1, 0.15) is 5.75 Å². The lowest BCUT2D eigenvalue weighted by molar-refractivity contribution is 0.451. The molecule has 0 aliphatic carbocycles. The van der Waals surface area contributed by atoms with Crippen LogP contribution in [0.15, 0.2) is 10.5 Å². The molecule has 0 aliphatic rings. The van der Waals surface area contributed by atoms with Crippen LogP contribution in [0.5, 0.6) is 5.75 Å². The third-order valence-corrected chi connectivity index (χ3v) is 2.82. The molecular weight excluding hydrogens is 274 g/mol. The van der Waals surface area contributed by atoms with E-state index in [0.29, 0.717) is 5.56 Å². The van der Waals surface area contributed by atoms with Crippen LogP contribution in [0, 0.1) is 5.82 Å². The monoisotopic (exact) mass is 282 g/mol. The van der Waals surface area contributed by atoms with E-state index in [4.69, 9.17) is 23.1 Å². The number of aromatic hydroxyl groups is 1. The molecule has 0 spiro atoms. The maximum absolute atomic E-state index is 13.1. The molecule has 5 N–H and O–H groups in total. The molecule has 6 heteroatoms. The first-order valence-electron chi connectivity index (χ1n) is 3.81. The van der Waals surface area contributed by atoms with Crippen molar-refractivity contribution in [1.82, 2.24) is 0 Å². The summed E-state index contributed by atoms with van der Waals surface area (Å²) in [5, 5.41) is 9.42. The van der Waals surface area contributed by atoms with Crippen molar-refractivity contribution in [2.75, 3.05) is 6.54 Å². The first-order chi connectivity index (χ1) is 6.49.